The van der Waals surface area contributed by atoms with Gasteiger partial charge in [-0.05, 0) is 43.3 Å². The molecule has 0 radical (unpaired) electrons. The quantitative estimate of drug-likeness (QED) is 0.387. The average Bonchev–Trinajstić information content (AvgIpc) is 2.73. The van der Waals surface area contributed by atoms with Crippen molar-refractivity contribution < 1.29 is 0 Å². The van der Waals surface area contributed by atoms with Crippen LogP contribution in [0, 0.1) is 0 Å². The van der Waals surface area contributed by atoms with Gasteiger partial charge in [-0.2, -0.15) is 0 Å². The summed E-state index contributed by atoms with van der Waals surface area (Å²) in [6.45, 7) is 2.06. The molecule has 130 valence electrons. The Morgan fingerprint density at radius 3 is 1.42 bits per heavy atom. The van der Waals surface area contributed by atoms with Crippen LogP contribution < -0.4 is 15.9 Å². The van der Waals surface area contributed by atoms with Crippen molar-refractivity contribution in [1.82, 2.24) is 0 Å². The summed E-state index contributed by atoms with van der Waals surface area (Å²) in [5.74, 6) is 0. The second-order valence-electron chi connectivity index (χ2n) is 6.28. The fraction of sp³-hybridized carbons (Fsp3) is 0.120. The molecule has 0 spiro atoms. The third-order valence-electron chi connectivity index (χ3n) is 4.66. The molecule has 3 rings (SSSR count). The van der Waals surface area contributed by atoms with Crippen molar-refractivity contribution in [1.29, 1.82) is 0 Å². The first-order valence-corrected chi connectivity index (χ1v) is 11.2. The molecule has 3 aromatic rings. The SMILES string of the molecule is C/C=C\C=C\CC[P+](c1ccccc1)(c1ccccc1)c1ccccc1. The average molecular weight is 357 g/mol. The molecule has 0 amide bonds. The molecule has 26 heavy (non-hydrogen) atoms. The zero-order chi connectivity index (χ0) is 18.1. The van der Waals surface area contributed by atoms with E-state index in [1.165, 1.54) is 15.9 Å². The molecule has 0 heterocycles. The van der Waals surface area contributed by atoms with Gasteiger partial charge in [0.25, 0.3) is 0 Å². The highest BCUT2D eigenvalue weighted by Gasteiger charge is 2.44. The van der Waals surface area contributed by atoms with Crippen LogP contribution in [0.4, 0.5) is 0 Å². The van der Waals surface area contributed by atoms with Crippen LogP contribution in [0.3, 0.4) is 0 Å². The summed E-state index contributed by atoms with van der Waals surface area (Å²) in [6, 6.07) is 33.2. The van der Waals surface area contributed by atoms with Crippen LogP contribution in [0.5, 0.6) is 0 Å². The van der Waals surface area contributed by atoms with Gasteiger partial charge in [0, 0.05) is 6.42 Å². The van der Waals surface area contributed by atoms with E-state index in [1.54, 1.807) is 0 Å². The molecule has 0 saturated carbocycles. The lowest BCUT2D eigenvalue weighted by molar-refractivity contribution is 1.23. The molecule has 0 aliphatic carbocycles. The lowest BCUT2D eigenvalue weighted by atomic mass is 10.3. The van der Waals surface area contributed by atoms with Gasteiger partial charge in [0.05, 0.1) is 6.16 Å². The Morgan fingerprint density at radius 2 is 1.04 bits per heavy atom. The number of hydrogen-bond donors (Lipinski definition) is 0. The zero-order valence-electron chi connectivity index (χ0n) is 15.3. The first-order chi connectivity index (χ1) is 12.9. The van der Waals surface area contributed by atoms with Crippen molar-refractivity contribution in [3.63, 3.8) is 0 Å². The standard InChI is InChI=1S/C25H26P/c1-2-3-4-5-15-22-26(23-16-9-6-10-17-23,24-18-11-7-12-19-24)25-20-13-8-14-21-25/h2-14,16-21H,15,22H2,1H3/q+1/b3-2-,5-4+. The predicted octanol–water partition coefficient (Wildman–Crippen LogP) is 5.50. The fourth-order valence-electron chi connectivity index (χ4n) is 3.44. The number of benzene rings is 3. The number of allylic oxidation sites excluding steroid dienone is 4. The molecular weight excluding hydrogens is 331 g/mol. The largest absolute Gasteiger partial charge is 0.112 e. The normalized spacial score (nSPS) is 12.0. The molecule has 0 aliphatic rings. The summed E-state index contributed by atoms with van der Waals surface area (Å²) in [4.78, 5) is 0. The number of rotatable bonds is 7. The van der Waals surface area contributed by atoms with Crippen molar-refractivity contribution >= 4 is 23.2 Å². The van der Waals surface area contributed by atoms with Gasteiger partial charge in [-0.1, -0.05) is 78.9 Å². The lowest BCUT2D eigenvalue weighted by Gasteiger charge is -2.27. The van der Waals surface area contributed by atoms with Gasteiger partial charge in [0.1, 0.15) is 23.2 Å². The van der Waals surface area contributed by atoms with E-state index < -0.39 is 7.26 Å². The summed E-state index contributed by atoms with van der Waals surface area (Å²) < 4.78 is 0. The Morgan fingerprint density at radius 1 is 0.615 bits per heavy atom. The Hall–Kier alpha value is -2.43. The maximum absolute atomic E-state index is 2.31. The lowest BCUT2D eigenvalue weighted by Crippen LogP contribution is -2.33. The highest BCUT2D eigenvalue weighted by molar-refractivity contribution is 7.95. The molecule has 0 N–H and O–H groups in total. The second-order valence-corrected chi connectivity index (χ2v) is 9.90. The Labute approximate surface area is 158 Å². The highest BCUT2D eigenvalue weighted by Crippen LogP contribution is 2.55. The van der Waals surface area contributed by atoms with E-state index in [9.17, 15) is 0 Å². The van der Waals surface area contributed by atoms with Crippen molar-refractivity contribution in [2.75, 3.05) is 6.16 Å². The van der Waals surface area contributed by atoms with E-state index in [-0.39, 0.29) is 0 Å². The minimum absolute atomic E-state index is 1.07. The maximum atomic E-state index is 2.31. The minimum atomic E-state index is -1.68. The van der Waals surface area contributed by atoms with Crippen molar-refractivity contribution in [2.45, 2.75) is 13.3 Å². The van der Waals surface area contributed by atoms with Gasteiger partial charge >= 0.3 is 0 Å². The summed E-state index contributed by atoms with van der Waals surface area (Å²) in [6.07, 6.45) is 10.8. The third kappa shape index (κ3) is 4.03. The summed E-state index contributed by atoms with van der Waals surface area (Å²) in [5.41, 5.74) is 0. The van der Waals surface area contributed by atoms with E-state index in [1.807, 2.05) is 0 Å². The topological polar surface area (TPSA) is 0 Å². The Kier molecular flexibility index (Phi) is 6.58. The molecule has 1 heteroatoms. The first kappa shape index (κ1) is 18.4. The summed E-state index contributed by atoms with van der Waals surface area (Å²) in [7, 11) is -1.68. The molecule has 0 aromatic heterocycles. The summed E-state index contributed by atoms with van der Waals surface area (Å²) in [5, 5.41) is 4.37. The van der Waals surface area contributed by atoms with E-state index in [0.717, 1.165) is 12.6 Å². The van der Waals surface area contributed by atoms with Gasteiger partial charge in [0.2, 0.25) is 0 Å². The zero-order valence-corrected chi connectivity index (χ0v) is 16.2. The molecule has 0 bridgehead atoms. The van der Waals surface area contributed by atoms with Gasteiger partial charge in [-0.25, -0.2) is 0 Å². The molecule has 0 atom stereocenters. The smallest absolute Gasteiger partial charge is 0.0877 e. The van der Waals surface area contributed by atoms with Crippen LogP contribution >= 0.6 is 7.26 Å². The van der Waals surface area contributed by atoms with E-state index in [0.29, 0.717) is 0 Å². The maximum Gasteiger partial charge on any atom is 0.112 e. The summed E-state index contributed by atoms with van der Waals surface area (Å²) >= 11 is 0. The molecule has 0 nitrogen and oxygen atoms in total. The Balaban J connectivity index is 2.14. The van der Waals surface area contributed by atoms with Gasteiger partial charge < -0.3 is 0 Å². The van der Waals surface area contributed by atoms with Crippen molar-refractivity contribution in [3.05, 3.63) is 115 Å². The fourth-order valence-corrected chi connectivity index (χ4v) is 7.68. The first-order valence-electron chi connectivity index (χ1n) is 9.20. The molecule has 0 unspecified atom stereocenters. The van der Waals surface area contributed by atoms with Crippen LogP contribution in [-0.4, -0.2) is 6.16 Å². The minimum Gasteiger partial charge on any atom is -0.0877 e. The van der Waals surface area contributed by atoms with Crippen molar-refractivity contribution in [3.8, 4) is 0 Å². The van der Waals surface area contributed by atoms with E-state index >= 15 is 0 Å². The molecule has 0 fully saturated rings. The van der Waals surface area contributed by atoms with Crippen LogP contribution in [0.1, 0.15) is 13.3 Å². The van der Waals surface area contributed by atoms with Crippen LogP contribution in [-0.2, 0) is 0 Å². The van der Waals surface area contributed by atoms with Crippen LogP contribution in [0.25, 0.3) is 0 Å². The van der Waals surface area contributed by atoms with Gasteiger partial charge in [-0.15, -0.1) is 0 Å². The van der Waals surface area contributed by atoms with E-state index in [4.69, 9.17) is 0 Å². The highest BCUT2D eigenvalue weighted by atomic mass is 31.2. The Bertz CT molecular complexity index is 736. The molecular formula is C25H26P+. The molecule has 3 aromatic carbocycles. The van der Waals surface area contributed by atoms with Crippen LogP contribution in [0.15, 0.2) is 115 Å². The van der Waals surface area contributed by atoms with Crippen LogP contribution in [0.2, 0.25) is 0 Å². The van der Waals surface area contributed by atoms with E-state index in [2.05, 4.69) is 122 Å². The third-order valence-corrected chi connectivity index (χ3v) is 9.13. The predicted molar refractivity (Wildman–Crippen MR) is 119 cm³/mol. The molecule has 0 saturated heterocycles. The second kappa shape index (κ2) is 9.32. The monoisotopic (exact) mass is 357 g/mol. The number of hydrogen-bond acceptors (Lipinski definition) is 0. The van der Waals surface area contributed by atoms with Crippen molar-refractivity contribution in [2.24, 2.45) is 0 Å². The van der Waals surface area contributed by atoms with Gasteiger partial charge in [0.15, 0.2) is 0 Å². The molecule has 0 aliphatic heterocycles. The van der Waals surface area contributed by atoms with Gasteiger partial charge in [-0.3, -0.25) is 0 Å².